The summed E-state index contributed by atoms with van der Waals surface area (Å²) in [6, 6.07) is 0. The summed E-state index contributed by atoms with van der Waals surface area (Å²) in [6.45, 7) is 25.3. The van der Waals surface area contributed by atoms with E-state index >= 15 is 0 Å². The van der Waals surface area contributed by atoms with Gasteiger partial charge in [-0.05, 0) is 43.9 Å². The Labute approximate surface area is 156 Å². The first kappa shape index (κ1) is 21.6. The summed E-state index contributed by atoms with van der Waals surface area (Å²) in [5.74, 6) is 0. The first-order valence-corrected chi connectivity index (χ1v) is 9.90. The largest absolute Gasteiger partial charge is 0.389 e. The fraction of sp³-hybridized carbons (Fsp3) is 0.652. The third-order valence-corrected chi connectivity index (χ3v) is 4.67. The van der Waals surface area contributed by atoms with Crippen molar-refractivity contribution in [3.05, 3.63) is 49.0 Å². The van der Waals surface area contributed by atoms with E-state index in [2.05, 4.69) is 57.3 Å². The molecular formula is C23H40N2. The van der Waals surface area contributed by atoms with Gasteiger partial charge in [0.1, 0.15) is 0 Å². The molecule has 0 atom stereocenters. The van der Waals surface area contributed by atoms with Crippen molar-refractivity contribution in [2.75, 3.05) is 13.1 Å². The molecule has 0 bridgehead atoms. The highest BCUT2D eigenvalue weighted by molar-refractivity contribution is 5.19. The van der Waals surface area contributed by atoms with E-state index in [0.717, 1.165) is 38.8 Å². The predicted molar refractivity (Wildman–Crippen MR) is 112 cm³/mol. The maximum atomic E-state index is 4.24. The number of rotatable bonds is 12. The molecule has 0 saturated carbocycles. The minimum Gasteiger partial charge on any atom is -0.389 e. The third kappa shape index (κ3) is 9.57. The zero-order valence-corrected chi connectivity index (χ0v) is 17.1. The lowest BCUT2D eigenvalue weighted by Gasteiger charge is -2.22. The molecule has 0 aromatic carbocycles. The summed E-state index contributed by atoms with van der Waals surface area (Å²) in [6.07, 6.45) is 10.7. The molecule has 142 valence electrons. The maximum Gasteiger partial charge on any atom is 0.0432 e. The predicted octanol–water partition coefficient (Wildman–Crippen LogP) is 6.55. The number of hydrogen-bond donors (Lipinski definition) is 1. The van der Waals surface area contributed by atoms with Gasteiger partial charge in [-0.1, -0.05) is 71.9 Å². The van der Waals surface area contributed by atoms with E-state index in [1.165, 1.54) is 54.8 Å². The Balaban J connectivity index is 1.98. The van der Waals surface area contributed by atoms with Gasteiger partial charge >= 0.3 is 0 Å². The van der Waals surface area contributed by atoms with E-state index in [0.29, 0.717) is 5.41 Å². The van der Waals surface area contributed by atoms with Gasteiger partial charge in [0.05, 0.1) is 0 Å². The molecule has 1 aliphatic rings. The second-order valence-corrected chi connectivity index (χ2v) is 8.75. The Hall–Kier alpha value is -1.44. The smallest absolute Gasteiger partial charge is 0.0432 e. The van der Waals surface area contributed by atoms with Gasteiger partial charge in [0.25, 0.3) is 0 Å². The van der Waals surface area contributed by atoms with Gasteiger partial charge < -0.3 is 10.2 Å². The highest BCUT2D eigenvalue weighted by atomic mass is 15.2. The van der Waals surface area contributed by atoms with Gasteiger partial charge in [-0.2, -0.15) is 0 Å². The van der Waals surface area contributed by atoms with Crippen LogP contribution in [-0.2, 0) is 0 Å². The van der Waals surface area contributed by atoms with Crippen LogP contribution in [0.5, 0.6) is 0 Å². The first-order valence-electron chi connectivity index (χ1n) is 9.90. The van der Waals surface area contributed by atoms with Crippen molar-refractivity contribution in [1.82, 2.24) is 10.2 Å². The molecule has 0 amide bonds. The van der Waals surface area contributed by atoms with Crippen molar-refractivity contribution in [1.29, 1.82) is 0 Å². The Kier molecular flexibility index (Phi) is 9.10. The average Bonchev–Trinajstić information content (AvgIpc) is 2.80. The van der Waals surface area contributed by atoms with Crippen molar-refractivity contribution < 1.29 is 0 Å². The number of nitrogens with one attached hydrogen (secondary N) is 1. The molecule has 0 aromatic heterocycles. The molecular weight excluding hydrogens is 304 g/mol. The molecule has 1 N–H and O–H groups in total. The van der Waals surface area contributed by atoms with Crippen LogP contribution in [0.3, 0.4) is 0 Å². The molecule has 1 rings (SSSR count). The number of likely N-dealkylation sites (tertiary alicyclic amines) is 1. The van der Waals surface area contributed by atoms with Gasteiger partial charge in [0.2, 0.25) is 0 Å². The highest BCUT2D eigenvalue weighted by Gasteiger charge is 2.19. The van der Waals surface area contributed by atoms with Crippen LogP contribution in [0.25, 0.3) is 0 Å². The highest BCUT2D eigenvalue weighted by Crippen LogP contribution is 2.29. The molecule has 0 unspecified atom stereocenters. The van der Waals surface area contributed by atoms with E-state index in [1.54, 1.807) is 0 Å². The van der Waals surface area contributed by atoms with Crippen molar-refractivity contribution in [3.8, 4) is 0 Å². The number of hydrogen-bond acceptors (Lipinski definition) is 2. The number of unbranched alkanes of at least 4 members (excludes halogenated alkanes) is 4. The standard InChI is InChI=1S/C23H40N2/c1-19(18-25-21(3)14-15-22(25)4)13-11-9-8-10-12-16-24-20(2)17-23(5,6)7/h24H,1-4,8-18H2,5-7H3. The zero-order valence-electron chi connectivity index (χ0n) is 17.1. The quantitative estimate of drug-likeness (QED) is 0.319. The van der Waals surface area contributed by atoms with Crippen LogP contribution in [0.1, 0.15) is 78.6 Å². The van der Waals surface area contributed by atoms with Crippen LogP contribution >= 0.6 is 0 Å². The topological polar surface area (TPSA) is 15.3 Å². The summed E-state index contributed by atoms with van der Waals surface area (Å²) in [7, 11) is 0. The molecule has 25 heavy (non-hydrogen) atoms. The summed E-state index contributed by atoms with van der Waals surface area (Å²) in [4.78, 5) is 2.25. The van der Waals surface area contributed by atoms with Gasteiger partial charge in [-0.15, -0.1) is 0 Å². The van der Waals surface area contributed by atoms with Crippen LogP contribution in [0.15, 0.2) is 49.0 Å². The molecule has 2 nitrogen and oxygen atoms in total. The molecule has 1 aliphatic heterocycles. The van der Waals surface area contributed by atoms with Crippen LogP contribution in [-0.4, -0.2) is 18.0 Å². The molecule has 1 heterocycles. The van der Waals surface area contributed by atoms with E-state index in [4.69, 9.17) is 0 Å². The van der Waals surface area contributed by atoms with Gasteiger partial charge in [0.15, 0.2) is 0 Å². The summed E-state index contributed by atoms with van der Waals surface area (Å²) >= 11 is 0. The van der Waals surface area contributed by atoms with Gasteiger partial charge in [-0.25, -0.2) is 0 Å². The lowest BCUT2D eigenvalue weighted by molar-refractivity contribution is 0.397. The van der Waals surface area contributed by atoms with Crippen molar-refractivity contribution in [2.45, 2.75) is 78.6 Å². The summed E-state index contributed by atoms with van der Waals surface area (Å²) in [5, 5.41) is 3.47. The Morgan fingerprint density at radius 1 is 0.960 bits per heavy atom. The Morgan fingerprint density at radius 3 is 2.12 bits per heavy atom. The second kappa shape index (κ2) is 10.5. The van der Waals surface area contributed by atoms with Crippen LogP contribution in [0, 0.1) is 5.41 Å². The Bertz CT molecular complexity index is 463. The van der Waals surface area contributed by atoms with E-state index in [-0.39, 0.29) is 0 Å². The second-order valence-electron chi connectivity index (χ2n) is 8.75. The van der Waals surface area contributed by atoms with Crippen LogP contribution in [0.4, 0.5) is 0 Å². The minimum absolute atomic E-state index is 0.320. The number of allylic oxidation sites excluding steroid dienone is 3. The first-order chi connectivity index (χ1) is 11.7. The Morgan fingerprint density at radius 2 is 1.52 bits per heavy atom. The van der Waals surface area contributed by atoms with Gasteiger partial charge in [0, 0.05) is 30.2 Å². The van der Waals surface area contributed by atoms with Crippen LogP contribution in [0.2, 0.25) is 0 Å². The molecule has 0 aliphatic carbocycles. The molecule has 2 heteroatoms. The van der Waals surface area contributed by atoms with Crippen molar-refractivity contribution >= 4 is 0 Å². The zero-order chi connectivity index (χ0) is 18.9. The maximum absolute atomic E-state index is 4.24. The van der Waals surface area contributed by atoms with E-state index in [9.17, 15) is 0 Å². The lowest BCUT2D eigenvalue weighted by atomic mass is 9.91. The van der Waals surface area contributed by atoms with Crippen molar-refractivity contribution in [2.24, 2.45) is 5.41 Å². The number of nitrogens with zero attached hydrogens (tertiary/aromatic N) is 1. The monoisotopic (exact) mass is 344 g/mol. The minimum atomic E-state index is 0.320. The SMILES string of the molecule is C=C(CCCCCCCNC(=C)CC(C)(C)C)CN1C(=C)CCC1=C. The average molecular weight is 345 g/mol. The molecule has 0 spiro atoms. The molecule has 1 fully saturated rings. The third-order valence-electron chi connectivity index (χ3n) is 4.67. The lowest BCUT2D eigenvalue weighted by Crippen LogP contribution is -2.18. The molecule has 0 aromatic rings. The summed E-state index contributed by atoms with van der Waals surface area (Å²) in [5.41, 5.74) is 5.21. The van der Waals surface area contributed by atoms with E-state index < -0.39 is 0 Å². The fourth-order valence-electron chi connectivity index (χ4n) is 3.31. The van der Waals surface area contributed by atoms with E-state index in [1.807, 2.05) is 0 Å². The van der Waals surface area contributed by atoms with Crippen LogP contribution < -0.4 is 5.32 Å². The normalized spacial score (nSPS) is 14.9. The molecule has 1 saturated heterocycles. The van der Waals surface area contributed by atoms with Crippen molar-refractivity contribution in [3.63, 3.8) is 0 Å². The molecule has 0 radical (unpaired) electrons. The fourth-order valence-corrected chi connectivity index (χ4v) is 3.31. The van der Waals surface area contributed by atoms with Gasteiger partial charge in [-0.3, -0.25) is 0 Å². The summed E-state index contributed by atoms with van der Waals surface area (Å²) < 4.78 is 0.